The van der Waals surface area contributed by atoms with Crippen LogP contribution in [0.5, 0.6) is 0 Å². The summed E-state index contributed by atoms with van der Waals surface area (Å²) in [7, 11) is 0. The van der Waals surface area contributed by atoms with Crippen LogP contribution in [0.1, 0.15) is 92.9 Å². The number of rotatable bonds is 7. The van der Waals surface area contributed by atoms with Gasteiger partial charge in [-0.25, -0.2) is 0 Å². The predicted octanol–water partition coefficient (Wildman–Crippen LogP) is 2.56. The first-order chi connectivity index (χ1) is 20.5. The van der Waals surface area contributed by atoms with Gasteiger partial charge in [-0.15, -0.1) is 0 Å². The summed E-state index contributed by atoms with van der Waals surface area (Å²) in [5, 5.41) is 40.2. The summed E-state index contributed by atoms with van der Waals surface area (Å²) in [5.41, 5.74) is -1.38. The van der Waals surface area contributed by atoms with Crippen molar-refractivity contribution >= 4 is 17.5 Å². The second kappa shape index (κ2) is 10.5. The molecule has 6 aliphatic rings. The van der Waals surface area contributed by atoms with E-state index in [1.54, 1.807) is 0 Å². The summed E-state index contributed by atoms with van der Waals surface area (Å²) in [6.45, 7) is 11.5. The maximum Gasteiger partial charge on any atom is 0.302 e. The molecule has 10 nitrogen and oxygen atoms in total. The Morgan fingerprint density at radius 1 is 1.00 bits per heavy atom. The number of fused-ring (bicyclic) bond motifs is 2. The van der Waals surface area contributed by atoms with Crippen LogP contribution < -0.4 is 0 Å². The van der Waals surface area contributed by atoms with Gasteiger partial charge in [0.05, 0.1) is 12.7 Å². The molecule has 14 atom stereocenters. The number of ether oxygens (including phenoxy) is 3. The van der Waals surface area contributed by atoms with Crippen molar-refractivity contribution in [1.29, 1.82) is 0 Å². The van der Waals surface area contributed by atoms with E-state index in [9.17, 15) is 34.8 Å². The molecule has 1 saturated heterocycles. The third kappa shape index (κ3) is 4.23. The lowest BCUT2D eigenvalue weighted by molar-refractivity contribution is -0.303. The van der Waals surface area contributed by atoms with Crippen molar-refractivity contribution in [1.82, 2.24) is 0 Å². The first-order valence-corrected chi connectivity index (χ1v) is 16.6. The molecule has 3 unspecified atom stereocenters. The van der Waals surface area contributed by atoms with E-state index in [1.807, 2.05) is 6.92 Å². The smallest absolute Gasteiger partial charge is 0.302 e. The van der Waals surface area contributed by atoms with E-state index < -0.39 is 54.1 Å². The first kappa shape index (κ1) is 32.5. The molecular formula is C34H52O10. The molecule has 0 aromatic heterocycles. The van der Waals surface area contributed by atoms with Gasteiger partial charge < -0.3 is 34.6 Å². The molecule has 2 spiro atoms. The molecule has 5 saturated carbocycles. The van der Waals surface area contributed by atoms with Crippen LogP contribution in [-0.2, 0) is 28.6 Å². The van der Waals surface area contributed by atoms with Gasteiger partial charge in [-0.3, -0.25) is 14.4 Å². The van der Waals surface area contributed by atoms with E-state index in [1.165, 1.54) is 6.92 Å². The van der Waals surface area contributed by atoms with Gasteiger partial charge in [0.2, 0.25) is 0 Å². The Bertz CT molecular complexity index is 1200. The van der Waals surface area contributed by atoms with E-state index in [-0.39, 0.29) is 64.7 Å². The number of esters is 1. The molecule has 0 radical (unpaired) electrons. The number of ketones is 2. The van der Waals surface area contributed by atoms with E-state index in [0.29, 0.717) is 18.8 Å². The number of hydrogen-bond acceptors (Lipinski definition) is 10. The van der Waals surface area contributed by atoms with Gasteiger partial charge in [0.1, 0.15) is 36.8 Å². The minimum absolute atomic E-state index is 0.0172. The molecule has 44 heavy (non-hydrogen) atoms. The van der Waals surface area contributed by atoms with Crippen LogP contribution in [0, 0.1) is 50.7 Å². The van der Waals surface area contributed by atoms with Crippen LogP contribution in [0.15, 0.2) is 0 Å². The summed E-state index contributed by atoms with van der Waals surface area (Å²) in [6.07, 6.45) is 0.293. The fourth-order valence-electron chi connectivity index (χ4n) is 12.4. The highest BCUT2D eigenvalue weighted by Gasteiger charge is 2.85. The van der Waals surface area contributed by atoms with Crippen LogP contribution in [0.4, 0.5) is 0 Å². The minimum atomic E-state index is -1.34. The Kier molecular flexibility index (Phi) is 7.79. The quantitative estimate of drug-likeness (QED) is 0.246. The topological polar surface area (TPSA) is 160 Å². The number of hydrogen-bond donors (Lipinski definition) is 4. The molecular weight excluding hydrogens is 568 g/mol. The lowest BCUT2D eigenvalue weighted by Gasteiger charge is -2.64. The van der Waals surface area contributed by atoms with Crippen molar-refractivity contribution in [2.45, 2.75) is 130 Å². The van der Waals surface area contributed by atoms with Crippen LogP contribution >= 0.6 is 0 Å². The average Bonchev–Trinajstić information content (AvgIpc) is 3.53. The monoisotopic (exact) mass is 620 g/mol. The molecule has 0 bridgehead atoms. The van der Waals surface area contributed by atoms with Gasteiger partial charge in [-0.05, 0) is 77.9 Å². The maximum absolute atomic E-state index is 14.0. The Morgan fingerprint density at radius 3 is 2.34 bits per heavy atom. The van der Waals surface area contributed by atoms with E-state index in [0.717, 1.165) is 32.1 Å². The third-order valence-corrected chi connectivity index (χ3v) is 14.3. The molecule has 0 aromatic carbocycles. The normalized spacial score (nSPS) is 51.3. The highest BCUT2D eigenvalue weighted by molar-refractivity contribution is 5.88. The fourth-order valence-corrected chi connectivity index (χ4v) is 12.4. The lowest BCUT2D eigenvalue weighted by atomic mass is 9.41. The highest BCUT2D eigenvalue weighted by Crippen LogP contribution is 2.89. The van der Waals surface area contributed by atoms with Crippen molar-refractivity contribution in [2.24, 2.45) is 50.7 Å². The largest absolute Gasteiger partial charge is 0.462 e. The Labute approximate surface area is 260 Å². The Hall–Kier alpha value is -1.43. The zero-order valence-electron chi connectivity index (χ0n) is 27.1. The van der Waals surface area contributed by atoms with Gasteiger partial charge in [0, 0.05) is 31.1 Å². The van der Waals surface area contributed by atoms with E-state index in [4.69, 9.17) is 14.2 Å². The van der Waals surface area contributed by atoms with Gasteiger partial charge in [-0.2, -0.15) is 0 Å². The van der Waals surface area contributed by atoms with Crippen LogP contribution in [0.2, 0.25) is 0 Å². The van der Waals surface area contributed by atoms with Crippen molar-refractivity contribution in [3.8, 4) is 0 Å². The number of carbonyl (C=O) groups is 3. The molecule has 5 aliphatic carbocycles. The van der Waals surface area contributed by atoms with Crippen molar-refractivity contribution in [3.05, 3.63) is 0 Å². The number of carbonyl (C=O) groups excluding carboxylic acids is 3. The zero-order valence-corrected chi connectivity index (χ0v) is 27.1. The van der Waals surface area contributed by atoms with Crippen molar-refractivity contribution in [3.63, 3.8) is 0 Å². The zero-order chi connectivity index (χ0) is 32.2. The molecule has 6 rings (SSSR count). The summed E-state index contributed by atoms with van der Waals surface area (Å²) >= 11 is 0. The first-order valence-electron chi connectivity index (χ1n) is 16.6. The molecule has 4 N–H and O–H groups in total. The van der Waals surface area contributed by atoms with E-state index in [2.05, 4.69) is 27.7 Å². The van der Waals surface area contributed by atoms with E-state index >= 15 is 0 Å². The van der Waals surface area contributed by atoms with Crippen LogP contribution in [0.25, 0.3) is 0 Å². The molecule has 1 aliphatic heterocycles. The summed E-state index contributed by atoms with van der Waals surface area (Å²) in [4.78, 5) is 38.9. The number of Topliss-reactive ketones (excluding diaryl/α,β-unsaturated/α-hetero) is 2. The summed E-state index contributed by atoms with van der Waals surface area (Å²) in [5.74, 6) is -0.632. The SMILES string of the molecule is CC(=O)OC1C[C@@]23C[C@@]24CCC(O[C@@H]2OC[C@H](O)[C@H](O)[C@H]2O)C(C)(C)C4CC[C@H]3[C@]2(C)CC(=O)[C@H]([C@H](C)CC(=O)CO)[C@@]12C. The fraction of sp³-hybridized carbons (Fsp3) is 0.912. The molecule has 248 valence electrons. The predicted molar refractivity (Wildman–Crippen MR) is 157 cm³/mol. The van der Waals surface area contributed by atoms with Gasteiger partial charge >= 0.3 is 5.97 Å². The van der Waals surface area contributed by atoms with Gasteiger partial charge in [0.15, 0.2) is 12.1 Å². The van der Waals surface area contributed by atoms with Crippen molar-refractivity contribution < 1.29 is 49.0 Å². The molecule has 0 amide bonds. The van der Waals surface area contributed by atoms with Gasteiger partial charge in [-0.1, -0.05) is 34.6 Å². The molecule has 1 heterocycles. The standard InChI is InChI=1S/C34H52O10/c1-17(11-19(37)14-35)26-20(38)12-31(5)23-8-7-22-30(3,4)24(44-29-28(41)27(40)21(39)15-42-29)9-10-33(22)16-34(23,33)13-25(32(26,31)6)43-18(2)36/h17,21-29,35,39-41H,7-16H2,1-6H3/t17-,21+,22?,23+,24?,25?,26+,27+,28-,29+,31+,32-,33-,34+/m1/s1. The van der Waals surface area contributed by atoms with Crippen LogP contribution in [-0.4, -0.2) is 88.0 Å². The minimum Gasteiger partial charge on any atom is -0.462 e. The second-order valence-corrected chi connectivity index (χ2v) is 16.4. The second-order valence-electron chi connectivity index (χ2n) is 16.4. The maximum atomic E-state index is 14.0. The van der Waals surface area contributed by atoms with Crippen LogP contribution in [0.3, 0.4) is 0 Å². The summed E-state index contributed by atoms with van der Waals surface area (Å²) < 4.78 is 18.2. The molecule has 10 heteroatoms. The Morgan fingerprint density at radius 2 is 1.68 bits per heavy atom. The lowest BCUT2D eigenvalue weighted by Crippen LogP contribution is -2.63. The number of aliphatic hydroxyl groups is 4. The average molecular weight is 621 g/mol. The molecule has 0 aromatic rings. The summed E-state index contributed by atoms with van der Waals surface area (Å²) in [6, 6.07) is 0. The Balaban J connectivity index is 1.31. The number of aliphatic hydroxyl groups excluding tert-OH is 4. The highest BCUT2D eigenvalue weighted by atomic mass is 16.7. The van der Waals surface area contributed by atoms with Gasteiger partial charge in [0.25, 0.3) is 0 Å². The van der Waals surface area contributed by atoms with Crippen molar-refractivity contribution in [2.75, 3.05) is 13.2 Å². The molecule has 6 fully saturated rings. The third-order valence-electron chi connectivity index (χ3n) is 14.3.